The molecule has 0 bridgehead atoms. The standard InChI is InChI=1S/C17H27NO2/c1-12(2)11-20-16-9-15(17(16,3)4)18-14-8-6-5-7-13(14)10-19/h5-8,12,15-16,18-19H,9-11H2,1-4H3. The summed E-state index contributed by atoms with van der Waals surface area (Å²) in [5.74, 6) is 0.577. The number of ether oxygens (including phenoxy) is 1. The Hall–Kier alpha value is -1.06. The lowest BCUT2D eigenvalue weighted by Gasteiger charge is -2.52. The highest BCUT2D eigenvalue weighted by molar-refractivity contribution is 5.52. The van der Waals surface area contributed by atoms with E-state index in [1.54, 1.807) is 0 Å². The summed E-state index contributed by atoms with van der Waals surface area (Å²) < 4.78 is 5.99. The van der Waals surface area contributed by atoms with Gasteiger partial charge in [-0.05, 0) is 18.4 Å². The van der Waals surface area contributed by atoms with Gasteiger partial charge < -0.3 is 15.2 Å². The van der Waals surface area contributed by atoms with E-state index in [0.29, 0.717) is 18.1 Å². The Morgan fingerprint density at radius 1 is 1.35 bits per heavy atom. The summed E-state index contributed by atoms with van der Waals surface area (Å²) in [4.78, 5) is 0. The van der Waals surface area contributed by atoms with E-state index < -0.39 is 0 Å². The Kier molecular flexibility index (Phi) is 4.71. The number of rotatable bonds is 6. The van der Waals surface area contributed by atoms with Gasteiger partial charge in [-0.3, -0.25) is 0 Å². The van der Waals surface area contributed by atoms with E-state index in [1.165, 1.54) is 0 Å². The lowest BCUT2D eigenvalue weighted by Crippen LogP contribution is -2.58. The van der Waals surface area contributed by atoms with Crippen LogP contribution in [0, 0.1) is 11.3 Å². The molecule has 112 valence electrons. The third kappa shape index (κ3) is 3.15. The molecule has 0 amide bonds. The third-order valence-corrected chi connectivity index (χ3v) is 4.33. The van der Waals surface area contributed by atoms with E-state index in [-0.39, 0.29) is 12.0 Å². The van der Waals surface area contributed by atoms with Crippen LogP contribution in [-0.4, -0.2) is 23.9 Å². The Labute approximate surface area is 122 Å². The van der Waals surface area contributed by atoms with Crippen molar-refractivity contribution in [2.75, 3.05) is 11.9 Å². The number of nitrogens with one attached hydrogen (secondary N) is 1. The summed E-state index contributed by atoms with van der Waals surface area (Å²) in [6.45, 7) is 9.76. The van der Waals surface area contributed by atoms with Gasteiger partial charge in [-0.1, -0.05) is 45.9 Å². The lowest BCUT2D eigenvalue weighted by atomic mass is 9.64. The van der Waals surface area contributed by atoms with Gasteiger partial charge in [-0.15, -0.1) is 0 Å². The molecular weight excluding hydrogens is 250 g/mol. The maximum Gasteiger partial charge on any atom is 0.0701 e. The molecule has 2 atom stereocenters. The molecule has 1 aliphatic carbocycles. The van der Waals surface area contributed by atoms with Crippen molar-refractivity contribution >= 4 is 5.69 Å². The van der Waals surface area contributed by atoms with Crippen LogP contribution in [0.2, 0.25) is 0 Å². The largest absolute Gasteiger partial charge is 0.392 e. The number of aliphatic hydroxyl groups excluding tert-OH is 1. The molecule has 0 saturated heterocycles. The molecule has 2 rings (SSSR count). The van der Waals surface area contributed by atoms with Gasteiger partial charge in [0.2, 0.25) is 0 Å². The number of benzene rings is 1. The van der Waals surface area contributed by atoms with Gasteiger partial charge in [-0.2, -0.15) is 0 Å². The molecule has 1 aliphatic rings. The lowest BCUT2D eigenvalue weighted by molar-refractivity contribution is -0.108. The average Bonchev–Trinajstić information content (AvgIpc) is 2.42. The molecule has 0 heterocycles. The van der Waals surface area contributed by atoms with Crippen LogP contribution in [0.3, 0.4) is 0 Å². The molecular formula is C17H27NO2. The van der Waals surface area contributed by atoms with E-state index >= 15 is 0 Å². The minimum Gasteiger partial charge on any atom is -0.392 e. The van der Waals surface area contributed by atoms with Crippen molar-refractivity contribution in [3.05, 3.63) is 29.8 Å². The van der Waals surface area contributed by atoms with Crippen LogP contribution in [0.1, 0.15) is 39.7 Å². The molecule has 2 unspecified atom stereocenters. The number of aliphatic hydroxyl groups is 1. The van der Waals surface area contributed by atoms with Crippen molar-refractivity contribution in [2.45, 2.75) is 52.9 Å². The molecule has 20 heavy (non-hydrogen) atoms. The van der Waals surface area contributed by atoms with Crippen LogP contribution < -0.4 is 5.32 Å². The first-order valence-electron chi connectivity index (χ1n) is 7.52. The zero-order valence-corrected chi connectivity index (χ0v) is 13.0. The molecule has 1 saturated carbocycles. The molecule has 0 spiro atoms. The summed E-state index contributed by atoms with van der Waals surface area (Å²) in [6.07, 6.45) is 1.35. The summed E-state index contributed by atoms with van der Waals surface area (Å²) in [7, 11) is 0. The summed E-state index contributed by atoms with van der Waals surface area (Å²) in [5.41, 5.74) is 2.11. The van der Waals surface area contributed by atoms with Crippen LogP contribution in [0.5, 0.6) is 0 Å². The maximum atomic E-state index is 9.38. The summed E-state index contributed by atoms with van der Waals surface area (Å²) in [5, 5.41) is 13.0. The van der Waals surface area contributed by atoms with E-state index in [4.69, 9.17) is 4.74 Å². The predicted molar refractivity (Wildman–Crippen MR) is 82.8 cm³/mol. The SMILES string of the molecule is CC(C)COC1CC(Nc2ccccc2CO)C1(C)C. The zero-order chi connectivity index (χ0) is 14.8. The Morgan fingerprint density at radius 3 is 2.65 bits per heavy atom. The third-order valence-electron chi connectivity index (χ3n) is 4.33. The molecule has 1 aromatic rings. The van der Waals surface area contributed by atoms with Crippen LogP contribution in [0.25, 0.3) is 0 Å². The molecule has 0 aliphatic heterocycles. The molecule has 1 aromatic carbocycles. The van der Waals surface area contributed by atoms with Gasteiger partial charge in [0.25, 0.3) is 0 Å². The van der Waals surface area contributed by atoms with Crippen molar-refractivity contribution < 1.29 is 9.84 Å². The van der Waals surface area contributed by atoms with Crippen LogP contribution in [-0.2, 0) is 11.3 Å². The summed E-state index contributed by atoms with van der Waals surface area (Å²) >= 11 is 0. The van der Waals surface area contributed by atoms with Crippen LogP contribution in [0.4, 0.5) is 5.69 Å². The van der Waals surface area contributed by atoms with Crippen LogP contribution >= 0.6 is 0 Å². The van der Waals surface area contributed by atoms with E-state index in [2.05, 4.69) is 33.0 Å². The van der Waals surface area contributed by atoms with Gasteiger partial charge in [0.1, 0.15) is 0 Å². The molecule has 0 aromatic heterocycles. The van der Waals surface area contributed by atoms with Gasteiger partial charge >= 0.3 is 0 Å². The molecule has 3 nitrogen and oxygen atoms in total. The maximum absolute atomic E-state index is 9.38. The van der Waals surface area contributed by atoms with Crippen molar-refractivity contribution in [3.8, 4) is 0 Å². The smallest absolute Gasteiger partial charge is 0.0701 e. The fourth-order valence-corrected chi connectivity index (χ4v) is 2.71. The second-order valence-electron chi connectivity index (χ2n) is 6.79. The highest BCUT2D eigenvalue weighted by Gasteiger charge is 2.49. The molecule has 0 radical (unpaired) electrons. The zero-order valence-electron chi connectivity index (χ0n) is 13.0. The first-order valence-corrected chi connectivity index (χ1v) is 7.52. The van der Waals surface area contributed by atoms with Gasteiger partial charge in [0.15, 0.2) is 0 Å². The molecule has 3 heteroatoms. The number of anilines is 1. The van der Waals surface area contributed by atoms with Crippen LogP contribution in [0.15, 0.2) is 24.3 Å². The second kappa shape index (κ2) is 6.15. The summed E-state index contributed by atoms with van der Waals surface area (Å²) in [6, 6.07) is 8.34. The minimum atomic E-state index is 0.0730. The Bertz CT molecular complexity index is 442. The fraction of sp³-hybridized carbons (Fsp3) is 0.647. The van der Waals surface area contributed by atoms with E-state index in [1.807, 2.05) is 24.3 Å². The van der Waals surface area contributed by atoms with Crippen molar-refractivity contribution in [2.24, 2.45) is 11.3 Å². The van der Waals surface area contributed by atoms with Crippen molar-refractivity contribution in [3.63, 3.8) is 0 Å². The number of hydrogen-bond donors (Lipinski definition) is 2. The minimum absolute atomic E-state index is 0.0730. The highest BCUT2D eigenvalue weighted by Crippen LogP contribution is 2.44. The second-order valence-corrected chi connectivity index (χ2v) is 6.79. The average molecular weight is 277 g/mol. The van der Waals surface area contributed by atoms with Gasteiger partial charge in [0.05, 0.1) is 12.7 Å². The first-order chi connectivity index (χ1) is 9.45. The van der Waals surface area contributed by atoms with E-state index in [0.717, 1.165) is 24.3 Å². The molecule has 1 fully saturated rings. The highest BCUT2D eigenvalue weighted by atomic mass is 16.5. The molecule has 2 N–H and O–H groups in total. The Balaban J connectivity index is 1.95. The Morgan fingerprint density at radius 2 is 2.05 bits per heavy atom. The predicted octanol–water partition coefficient (Wildman–Crippen LogP) is 3.43. The topological polar surface area (TPSA) is 41.5 Å². The van der Waals surface area contributed by atoms with Crippen molar-refractivity contribution in [1.29, 1.82) is 0 Å². The normalized spacial score (nSPS) is 24.5. The fourth-order valence-electron chi connectivity index (χ4n) is 2.71. The van der Waals surface area contributed by atoms with E-state index in [9.17, 15) is 5.11 Å². The van der Waals surface area contributed by atoms with Gasteiger partial charge in [0, 0.05) is 29.3 Å². The number of para-hydroxylation sites is 1. The quantitative estimate of drug-likeness (QED) is 0.837. The first kappa shape index (κ1) is 15.3. The van der Waals surface area contributed by atoms with Crippen molar-refractivity contribution in [1.82, 2.24) is 0 Å². The number of hydrogen-bond acceptors (Lipinski definition) is 3. The van der Waals surface area contributed by atoms with Gasteiger partial charge in [-0.25, -0.2) is 0 Å². The monoisotopic (exact) mass is 277 g/mol.